The molecule has 0 spiro atoms. The fourth-order valence-corrected chi connectivity index (χ4v) is 1.09. The summed E-state index contributed by atoms with van der Waals surface area (Å²) in [5.41, 5.74) is 3.06. The van der Waals surface area contributed by atoms with Crippen LogP contribution in [0.3, 0.4) is 0 Å². The highest BCUT2D eigenvalue weighted by Crippen LogP contribution is 2.15. The van der Waals surface area contributed by atoms with Crippen LogP contribution in [0.25, 0.3) is 11.1 Å². The maximum Gasteiger partial charge on any atom is 0.115 e. The third-order valence-electron chi connectivity index (χ3n) is 1.81. The molecule has 0 bridgehead atoms. The maximum atomic E-state index is 4.20. The second-order valence-electron chi connectivity index (χ2n) is 2.82. The van der Waals surface area contributed by atoms with Crippen molar-refractivity contribution in [3.63, 3.8) is 0 Å². The maximum absolute atomic E-state index is 4.20. The van der Waals surface area contributed by atoms with E-state index >= 15 is 0 Å². The van der Waals surface area contributed by atoms with E-state index in [-0.39, 0.29) is 0 Å². The molecule has 0 aromatic carbocycles. The molecule has 2 aromatic heterocycles. The molecular weight excluding hydrogens is 162 g/mol. The van der Waals surface area contributed by atoms with Crippen LogP contribution in [-0.4, -0.2) is 15.0 Å². The fourth-order valence-electron chi connectivity index (χ4n) is 1.09. The number of aromatic nitrogens is 3. The molecule has 0 fully saturated rings. The van der Waals surface area contributed by atoms with E-state index < -0.39 is 0 Å². The van der Waals surface area contributed by atoms with Crippen LogP contribution in [0.2, 0.25) is 0 Å². The van der Waals surface area contributed by atoms with E-state index in [9.17, 15) is 0 Å². The van der Waals surface area contributed by atoms with Crippen LogP contribution in [0.1, 0.15) is 5.69 Å². The summed E-state index contributed by atoms with van der Waals surface area (Å²) in [4.78, 5) is 12.1. The van der Waals surface area contributed by atoms with Crippen LogP contribution < -0.4 is 0 Å². The largest absolute Gasteiger partial charge is 0.261 e. The Morgan fingerprint density at radius 2 is 1.69 bits per heavy atom. The van der Waals surface area contributed by atoms with Gasteiger partial charge in [0.2, 0.25) is 0 Å². The standard InChI is InChI=1S/C10H9N3/c1-8-2-3-9(6-13-8)10-4-11-7-12-5-10/h2-7H,1H3. The van der Waals surface area contributed by atoms with Crippen molar-refractivity contribution in [2.75, 3.05) is 0 Å². The highest BCUT2D eigenvalue weighted by atomic mass is 14.8. The van der Waals surface area contributed by atoms with Gasteiger partial charge in [-0.2, -0.15) is 0 Å². The average molecular weight is 171 g/mol. The Hall–Kier alpha value is -1.77. The molecule has 0 aliphatic rings. The molecule has 2 rings (SSSR count). The average Bonchev–Trinajstić information content (AvgIpc) is 2.20. The molecule has 0 N–H and O–H groups in total. The molecule has 64 valence electrons. The molecule has 2 aromatic rings. The van der Waals surface area contributed by atoms with Gasteiger partial charge < -0.3 is 0 Å². The third kappa shape index (κ3) is 1.69. The summed E-state index contributed by atoms with van der Waals surface area (Å²) in [6, 6.07) is 3.99. The van der Waals surface area contributed by atoms with E-state index in [1.54, 1.807) is 12.4 Å². The van der Waals surface area contributed by atoms with Crippen LogP contribution in [0.4, 0.5) is 0 Å². The van der Waals surface area contributed by atoms with Crippen LogP contribution in [0, 0.1) is 6.92 Å². The van der Waals surface area contributed by atoms with Crippen molar-refractivity contribution in [2.24, 2.45) is 0 Å². The van der Waals surface area contributed by atoms with Gasteiger partial charge in [0.25, 0.3) is 0 Å². The smallest absolute Gasteiger partial charge is 0.115 e. The molecule has 0 atom stereocenters. The van der Waals surface area contributed by atoms with Crippen LogP contribution in [0.15, 0.2) is 37.1 Å². The number of pyridine rings is 1. The first-order valence-electron chi connectivity index (χ1n) is 4.04. The van der Waals surface area contributed by atoms with Crippen molar-refractivity contribution in [3.8, 4) is 11.1 Å². The lowest BCUT2D eigenvalue weighted by Gasteiger charge is -1.98. The first kappa shape index (κ1) is 7.86. The molecule has 0 radical (unpaired) electrons. The zero-order chi connectivity index (χ0) is 9.10. The molecule has 0 aliphatic heterocycles. The SMILES string of the molecule is Cc1ccc(-c2cncnc2)cn1. The number of aryl methyl sites for hydroxylation is 1. The van der Waals surface area contributed by atoms with E-state index in [2.05, 4.69) is 15.0 Å². The van der Waals surface area contributed by atoms with Crippen LogP contribution >= 0.6 is 0 Å². The quantitative estimate of drug-likeness (QED) is 0.657. The number of rotatable bonds is 1. The van der Waals surface area contributed by atoms with Crippen molar-refractivity contribution in [2.45, 2.75) is 6.92 Å². The van der Waals surface area contributed by atoms with E-state index in [1.807, 2.05) is 25.3 Å². The van der Waals surface area contributed by atoms with Gasteiger partial charge in [-0.05, 0) is 13.0 Å². The van der Waals surface area contributed by atoms with Gasteiger partial charge in [-0.25, -0.2) is 9.97 Å². The lowest BCUT2D eigenvalue weighted by Crippen LogP contribution is -1.84. The van der Waals surface area contributed by atoms with Crippen molar-refractivity contribution in [1.82, 2.24) is 15.0 Å². The monoisotopic (exact) mass is 171 g/mol. The summed E-state index contributed by atoms with van der Waals surface area (Å²) in [7, 11) is 0. The summed E-state index contributed by atoms with van der Waals surface area (Å²) in [6.45, 7) is 1.96. The lowest BCUT2D eigenvalue weighted by atomic mass is 10.1. The van der Waals surface area contributed by atoms with Gasteiger partial charge in [0, 0.05) is 35.4 Å². The summed E-state index contributed by atoms with van der Waals surface area (Å²) < 4.78 is 0. The molecule has 3 nitrogen and oxygen atoms in total. The van der Waals surface area contributed by atoms with Gasteiger partial charge in [-0.1, -0.05) is 6.07 Å². The van der Waals surface area contributed by atoms with Crippen molar-refractivity contribution < 1.29 is 0 Å². The molecule has 0 saturated heterocycles. The van der Waals surface area contributed by atoms with E-state index in [1.165, 1.54) is 6.33 Å². The summed E-state index contributed by atoms with van der Waals surface area (Å²) in [6.07, 6.45) is 6.90. The van der Waals surface area contributed by atoms with Gasteiger partial charge in [0.1, 0.15) is 6.33 Å². The lowest BCUT2D eigenvalue weighted by molar-refractivity contribution is 1.16. The number of hydrogen-bond acceptors (Lipinski definition) is 3. The van der Waals surface area contributed by atoms with E-state index in [0.717, 1.165) is 16.8 Å². The second-order valence-corrected chi connectivity index (χ2v) is 2.82. The Morgan fingerprint density at radius 1 is 0.923 bits per heavy atom. The van der Waals surface area contributed by atoms with Gasteiger partial charge in [0.05, 0.1) is 0 Å². The molecule has 3 heteroatoms. The van der Waals surface area contributed by atoms with Gasteiger partial charge in [0.15, 0.2) is 0 Å². The second kappa shape index (κ2) is 3.31. The topological polar surface area (TPSA) is 38.7 Å². The molecule has 0 aliphatic carbocycles. The predicted octanol–water partition coefficient (Wildman–Crippen LogP) is 1.85. The Kier molecular flexibility index (Phi) is 2.00. The Balaban J connectivity index is 2.42. The summed E-state index contributed by atoms with van der Waals surface area (Å²) in [5.74, 6) is 0. The first-order valence-corrected chi connectivity index (χ1v) is 4.04. The fraction of sp³-hybridized carbons (Fsp3) is 0.100. The summed E-state index contributed by atoms with van der Waals surface area (Å²) in [5, 5.41) is 0. The minimum Gasteiger partial charge on any atom is -0.261 e. The minimum absolute atomic E-state index is 0.995. The number of nitrogens with zero attached hydrogens (tertiary/aromatic N) is 3. The minimum atomic E-state index is 0.995. The molecule has 13 heavy (non-hydrogen) atoms. The zero-order valence-electron chi connectivity index (χ0n) is 7.31. The van der Waals surface area contributed by atoms with Crippen LogP contribution in [0.5, 0.6) is 0 Å². The van der Waals surface area contributed by atoms with Crippen molar-refractivity contribution in [3.05, 3.63) is 42.7 Å². The van der Waals surface area contributed by atoms with Crippen LogP contribution in [-0.2, 0) is 0 Å². The van der Waals surface area contributed by atoms with Gasteiger partial charge >= 0.3 is 0 Å². The molecular formula is C10H9N3. The first-order chi connectivity index (χ1) is 6.36. The molecule has 0 saturated carbocycles. The summed E-state index contributed by atoms with van der Waals surface area (Å²) >= 11 is 0. The van der Waals surface area contributed by atoms with Gasteiger partial charge in [-0.3, -0.25) is 4.98 Å². The molecule has 0 amide bonds. The zero-order valence-corrected chi connectivity index (χ0v) is 7.31. The predicted molar refractivity (Wildman–Crippen MR) is 50.0 cm³/mol. The Bertz CT molecular complexity index is 381. The Labute approximate surface area is 76.5 Å². The molecule has 2 heterocycles. The van der Waals surface area contributed by atoms with Crippen molar-refractivity contribution >= 4 is 0 Å². The third-order valence-corrected chi connectivity index (χ3v) is 1.81. The van der Waals surface area contributed by atoms with E-state index in [0.29, 0.717) is 0 Å². The highest BCUT2D eigenvalue weighted by Gasteiger charge is 1.96. The highest BCUT2D eigenvalue weighted by molar-refractivity contribution is 5.59. The van der Waals surface area contributed by atoms with Crippen molar-refractivity contribution in [1.29, 1.82) is 0 Å². The molecule has 0 unspecified atom stereocenters. The Morgan fingerprint density at radius 3 is 2.31 bits per heavy atom. The van der Waals surface area contributed by atoms with Gasteiger partial charge in [-0.15, -0.1) is 0 Å². The van der Waals surface area contributed by atoms with E-state index in [4.69, 9.17) is 0 Å². The normalized spacial score (nSPS) is 9.92. The number of hydrogen-bond donors (Lipinski definition) is 0.